The van der Waals surface area contributed by atoms with E-state index in [1.54, 1.807) is 13.1 Å². The maximum Gasteiger partial charge on any atom is 0.251 e. The van der Waals surface area contributed by atoms with Gasteiger partial charge in [0.05, 0.1) is 0 Å². The minimum atomic E-state index is -0.0954. The summed E-state index contributed by atoms with van der Waals surface area (Å²) in [5.41, 5.74) is 5.98. The third kappa shape index (κ3) is 6.96. The van der Waals surface area contributed by atoms with Crippen LogP contribution in [-0.2, 0) is 24.3 Å². The number of rotatable bonds is 6. The Morgan fingerprint density at radius 1 is 0.975 bits per heavy atom. The number of aromatic amines is 1. The van der Waals surface area contributed by atoms with Crippen molar-refractivity contribution in [3.8, 4) is 0 Å². The van der Waals surface area contributed by atoms with E-state index in [-0.39, 0.29) is 11.8 Å². The molecule has 5 rings (SSSR count). The van der Waals surface area contributed by atoms with Gasteiger partial charge >= 0.3 is 0 Å². The highest BCUT2D eigenvalue weighted by Gasteiger charge is 2.20. The molecule has 3 heterocycles. The molecule has 0 fully saturated rings. The van der Waals surface area contributed by atoms with E-state index in [4.69, 9.17) is 0 Å². The van der Waals surface area contributed by atoms with Gasteiger partial charge < -0.3 is 15.2 Å². The molecule has 7 heteroatoms. The van der Waals surface area contributed by atoms with Crippen LogP contribution >= 0.6 is 0 Å². The Morgan fingerprint density at radius 2 is 1.80 bits per heavy atom. The lowest BCUT2D eigenvalue weighted by molar-refractivity contribution is -0.116. The minimum absolute atomic E-state index is 0.0352. The molecule has 2 aromatic heterocycles. The van der Waals surface area contributed by atoms with Crippen LogP contribution in [0.4, 0.5) is 5.69 Å². The van der Waals surface area contributed by atoms with E-state index in [1.165, 1.54) is 23.8 Å². The summed E-state index contributed by atoms with van der Waals surface area (Å²) in [7, 11) is 0. The van der Waals surface area contributed by atoms with E-state index in [1.807, 2.05) is 53.7 Å². The quantitative estimate of drug-likeness (QED) is 0.323. The van der Waals surface area contributed by atoms with Crippen LogP contribution in [0.25, 0.3) is 10.9 Å². The van der Waals surface area contributed by atoms with Crippen molar-refractivity contribution in [1.29, 1.82) is 0 Å². The summed E-state index contributed by atoms with van der Waals surface area (Å²) >= 11 is 0. The number of fused-ring (bicyclic) bond motifs is 2. The lowest BCUT2D eigenvalue weighted by Crippen LogP contribution is -2.33. The van der Waals surface area contributed by atoms with Crippen molar-refractivity contribution in [2.45, 2.75) is 58.5 Å². The fourth-order valence-corrected chi connectivity index (χ4v) is 5.66. The number of benzene rings is 2. The number of carbonyl (C=O) groups is 2. The Hall–Kier alpha value is -3.97. The summed E-state index contributed by atoms with van der Waals surface area (Å²) in [5.74, 6) is -0.0602. The van der Waals surface area contributed by atoms with Crippen molar-refractivity contribution in [3.05, 3.63) is 95.4 Å². The molecule has 4 aromatic rings. The third-order valence-electron chi connectivity index (χ3n) is 7.75. The van der Waals surface area contributed by atoms with E-state index in [0.29, 0.717) is 25.2 Å². The Bertz CT molecular complexity index is 1430. The molecule has 2 aromatic carbocycles. The summed E-state index contributed by atoms with van der Waals surface area (Å²) in [6, 6.07) is 18.1. The van der Waals surface area contributed by atoms with Crippen LogP contribution in [0.15, 0.2) is 73.2 Å². The van der Waals surface area contributed by atoms with Crippen molar-refractivity contribution in [1.82, 2.24) is 20.2 Å². The molecule has 2 amide bonds. The number of H-pyrrole nitrogens is 1. The van der Waals surface area contributed by atoms with Crippen molar-refractivity contribution >= 4 is 28.4 Å². The van der Waals surface area contributed by atoms with E-state index < -0.39 is 0 Å². The second-order valence-corrected chi connectivity index (χ2v) is 10.7. The number of anilines is 1. The number of pyridine rings is 1. The molecule has 208 valence electrons. The fraction of sp³-hybridized carbons (Fsp3) is 0.364. The number of amides is 2. The summed E-state index contributed by atoms with van der Waals surface area (Å²) < 4.78 is 0. The SMILES string of the molecule is CC(=O)N1CCCCCCCN(Cc2cccnc2)Cc2cc(C(=O)NCCc3c[nH]c4ccccc34)ccc21. The summed E-state index contributed by atoms with van der Waals surface area (Å²) in [6.45, 7) is 5.26. The first-order chi connectivity index (χ1) is 19.6. The highest BCUT2D eigenvalue weighted by Crippen LogP contribution is 2.27. The van der Waals surface area contributed by atoms with Gasteiger partial charge in [-0.1, -0.05) is 43.5 Å². The van der Waals surface area contributed by atoms with Gasteiger partial charge in [0.2, 0.25) is 5.91 Å². The number of nitrogens with zero attached hydrogens (tertiary/aromatic N) is 3. The monoisotopic (exact) mass is 537 g/mol. The largest absolute Gasteiger partial charge is 0.361 e. The summed E-state index contributed by atoms with van der Waals surface area (Å²) in [6.07, 6.45) is 12.0. The Labute approximate surface area is 236 Å². The van der Waals surface area contributed by atoms with Gasteiger partial charge in [-0.15, -0.1) is 0 Å². The zero-order valence-electron chi connectivity index (χ0n) is 23.4. The first kappa shape index (κ1) is 27.6. The Morgan fingerprint density at radius 3 is 2.62 bits per heavy atom. The highest BCUT2D eigenvalue weighted by atomic mass is 16.2. The van der Waals surface area contributed by atoms with E-state index in [2.05, 4.69) is 38.4 Å². The number of carbonyl (C=O) groups excluding carboxylic acids is 2. The zero-order chi connectivity index (χ0) is 27.7. The first-order valence-electron chi connectivity index (χ1n) is 14.4. The van der Waals surface area contributed by atoms with E-state index in [9.17, 15) is 9.59 Å². The summed E-state index contributed by atoms with van der Waals surface area (Å²) in [5, 5.41) is 4.30. The number of aromatic nitrogens is 2. The van der Waals surface area contributed by atoms with Crippen LogP contribution in [0.2, 0.25) is 0 Å². The second kappa shape index (κ2) is 13.4. The predicted octanol–water partition coefficient (Wildman–Crippen LogP) is 5.85. The lowest BCUT2D eigenvalue weighted by Gasteiger charge is -2.29. The van der Waals surface area contributed by atoms with E-state index in [0.717, 1.165) is 61.1 Å². The molecule has 0 spiro atoms. The molecule has 0 bridgehead atoms. The number of hydrogen-bond acceptors (Lipinski definition) is 4. The van der Waals surface area contributed by atoms with Crippen LogP contribution in [-0.4, -0.2) is 46.3 Å². The predicted molar refractivity (Wildman–Crippen MR) is 160 cm³/mol. The van der Waals surface area contributed by atoms with Crippen LogP contribution in [0.1, 0.15) is 66.1 Å². The standard InChI is InChI=1S/C33H39N5O2/c1-25(39)38-19-8-4-2-3-7-18-37(23-26-10-9-16-34-21-26)24-29-20-27(13-14-32(29)38)33(40)35-17-15-28-22-36-31-12-6-5-11-30(28)31/h5-6,9-14,16,20-22,36H,2-4,7-8,15,17-19,23-24H2,1H3,(H,35,40). The van der Waals surface area contributed by atoms with Gasteiger partial charge in [0.15, 0.2) is 0 Å². The normalized spacial score (nSPS) is 15.2. The fourth-order valence-electron chi connectivity index (χ4n) is 5.66. The third-order valence-corrected chi connectivity index (χ3v) is 7.75. The van der Waals surface area contributed by atoms with Crippen LogP contribution < -0.4 is 10.2 Å². The smallest absolute Gasteiger partial charge is 0.251 e. The van der Waals surface area contributed by atoms with Crippen LogP contribution in [0, 0.1) is 0 Å². The van der Waals surface area contributed by atoms with Gasteiger partial charge in [-0.3, -0.25) is 19.5 Å². The number of nitrogens with one attached hydrogen (secondary N) is 2. The molecule has 40 heavy (non-hydrogen) atoms. The number of para-hydroxylation sites is 1. The zero-order valence-corrected chi connectivity index (χ0v) is 23.4. The Balaban J connectivity index is 1.36. The molecule has 0 atom stereocenters. The molecule has 0 aliphatic carbocycles. The topological polar surface area (TPSA) is 81.3 Å². The van der Waals surface area contributed by atoms with Crippen molar-refractivity contribution in [2.24, 2.45) is 0 Å². The van der Waals surface area contributed by atoms with Gasteiger partial charge in [-0.2, -0.15) is 0 Å². The molecule has 1 aliphatic heterocycles. The van der Waals surface area contributed by atoms with Gasteiger partial charge in [0, 0.05) is 73.8 Å². The molecule has 0 saturated carbocycles. The summed E-state index contributed by atoms with van der Waals surface area (Å²) in [4.78, 5) is 37.9. The first-order valence-corrected chi connectivity index (χ1v) is 14.4. The molecule has 2 N–H and O–H groups in total. The molecule has 0 saturated heterocycles. The highest BCUT2D eigenvalue weighted by molar-refractivity contribution is 5.97. The molecular weight excluding hydrogens is 498 g/mol. The van der Waals surface area contributed by atoms with Crippen molar-refractivity contribution in [2.75, 3.05) is 24.5 Å². The molecule has 7 nitrogen and oxygen atoms in total. The van der Waals surface area contributed by atoms with Crippen molar-refractivity contribution < 1.29 is 9.59 Å². The Kier molecular flexibility index (Phi) is 9.24. The number of hydrogen-bond donors (Lipinski definition) is 2. The maximum absolute atomic E-state index is 13.3. The lowest BCUT2D eigenvalue weighted by atomic mass is 10.0. The van der Waals surface area contributed by atoms with Gasteiger partial charge in [0.1, 0.15) is 0 Å². The molecule has 0 radical (unpaired) electrons. The van der Waals surface area contributed by atoms with Gasteiger partial charge in [-0.25, -0.2) is 0 Å². The average Bonchev–Trinajstić information content (AvgIpc) is 3.37. The van der Waals surface area contributed by atoms with Gasteiger partial charge in [0.25, 0.3) is 5.91 Å². The molecule has 0 unspecified atom stereocenters. The minimum Gasteiger partial charge on any atom is -0.361 e. The molecule has 1 aliphatic rings. The van der Waals surface area contributed by atoms with Gasteiger partial charge in [-0.05, 0) is 72.8 Å². The van der Waals surface area contributed by atoms with E-state index >= 15 is 0 Å². The molecular formula is C33H39N5O2. The second-order valence-electron chi connectivity index (χ2n) is 10.7. The maximum atomic E-state index is 13.3. The van der Waals surface area contributed by atoms with Crippen LogP contribution in [0.5, 0.6) is 0 Å². The average molecular weight is 538 g/mol. The van der Waals surface area contributed by atoms with Crippen LogP contribution in [0.3, 0.4) is 0 Å². The van der Waals surface area contributed by atoms with Crippen molar-refractivity contribution in [3.63, 3.8) is 0 Å².